The molecule has 0 saturated carbocycles. The van der Waals surface area contributed by atoms with Gasteiger partial charge in [-0.3, -0.25) is 4.79 Å². The summed E-state index contributed by atoms with van der Waals surface area (Å²) >= 11 is 3.85. The SMILES string of the molecule is CC(=O)NC(CNCC1CSCCS1)C(=O)O. The Balaban J connectivity index is 2.21. The summed E-state index contributed by atoms with van der Waals surface area (Å²) in [5, 5.41) is 15.0. The first kappa shape index (κ1) is 14.7. The van der Waals surface area contributed by atoms with Crippen molar-refractivity contribution in [3.05, 3.63) is 0 Å². The van der Waals surface area contributed by atoms with Gasteiger partial charge >= 0.3 is 5.97 Å². The van der Waals surface area contributed by atoms with E-state index in [0.717, 1.165) is 18.1 Å². The molecule has 1 fully saturated rings. The molecule has 1 aliphatic rings. The second kappa shape index (κ2) is 7.84. The summed E-state index contributed by atoms with van der Waals surface area (Å²) in [6.45, 7) is 2.39. The molecule has 7 heteroatoms. The molecule has 1 saturated heterocycles. The molecule has 1 amide bonds. The van der Waals surface area contributed by atoms with Crippen LogP contribution >= 0.6 is 23.5 Å². The zero-order chi connectivity index (χ0) is 12.7. The molecule has 2 unspecified atom stereocenters. The molecule has 2 atom stereocenters. The van der Waals surface area contributed by atoms with Crippen molar-refractivity contribution in [2.75, 3.05) is 30.3 Å². The number of hydrogen-bond acceptors (Lipinski definition) is 5. The number of carboxylic acids is 1. The highest BCUT2D eigenvalue weighted by molar-refractivity contribution is 8.06. The van der Waals surface area contributed by atoms with Crippen LogP contribution in [0.4, 0.5) is 0 Å². The molecule has 5 nitrogen and oxygen atoms in total. The maximum atomic E-state index is 10.9. The van der Waals surface area contributed by atoms with Crippen LogP contribution in [-0.4, -0.2) is 58.6 Å². The first-order chi connectivity index (χ1) is 8.09. The number of rotatable bonds is 6. The van der Waals surface area contributed by atoms with Crippen molar-refractivity contribution >= 4 is 35.4 Å². The summed E-state index contributed by atoms with van der Waals surface area (Å²) in [6, 6.07) is -0.839. The van der Waals surface area contributed by atoms with Gasteiger partial charge in [0.05, 0.1) is 0 Å². The first-order valence-electron chi connectivity index (χ1n) is 5.49. The molecule has 0 aromatic heterocycles. The average molecular weight is 278 g/mol. The van der Waals surface area contributed by atoms with Gasteiger partial charge in [-0.05, 0) is 0 Å². The zero-order valence-electron chi connectivity index (χ0n) is 9.77. The van der Waals surface area contributed by atoms with E-state index < -0.39 is 12.0 Å². The molecule has 3 N–H and O–H groups in total. The lowest BCUT2D eigenvalue weighted by Gasteiger charge is -2.22. The van der Waals surface area contributed by atoms with Gasteiger partial charge in [0.1, 0.15) is 6.04 Å². The van der Waals surface area contributed by atoms with Gasteiger partial charge in [0, 0.05) is 42.5 Å². The van der Waals surface area contributed by atoms with Crippen LogP contribution in [0.1, 0.15) is 6.92 Å². The minimum absolute atomic E-state index is 0.274. The van der Waals surface area contributed by atoms with Gasteiger partial charge in [-0.1, -0.05) is 0 Å². The van der Waals surface area contributed by atoms with Crippen LogP contribution in [0.2, 0.25) is 0 Å². The minimum atomic E-state index is -1.00. The van der Waals surface area contributed by atoms with Crippen molar-refractivity contribution < 1.29 is 14.7 Å². The first-order valence-corrected chi connectivity index (χ1v) is 7.70. The lowest BCUT2D eigenvalue weighted by Crippen LogP contribution is -2.47. The van der Waals surface area contributed by atoms with Crippen LogP contribution in [-0.2, 0) is 9.59 Å². The summed E-state index contributed by atoms with van der Waals surface area (Å²) in [5.41, 5.74) is 0. The Bertz CT molecular complexity index is 270. The van der Waals surface area contributed by atoms with Crippen LogP contribution in [0.25, 0.3) is 0 Å². The third-order valence-corrected chi connectivity index (χ3v) is 5.13. The van der Waals surface area contributed by atoms with Crippen LogP contribution in [0, 0.1) is 0 Å². The molecule has 0 bridgehead atoms. The van der Waals surface area contributed by atoms with Crippen molar-refractivity contribution in [1.82, 2.24) is 10.6 Å². The van der Waals surface area contributed by atoms with Crippen molar-refractivity contribution in [3.63, 3.8) is 0 Å². The average Bonchev–Trinajstić information content (AvgIpc) is 2.28. The largest absolute Gasteiger partial charge is 0.480 e. The quantitative estimate of drug-likeness (QED) is 0.635. The highest BCUT2D eigenvalue weighted by atomic mass is 32.2. The monoisotopic (exact) mass is 278 g/mol. The van der Waals surface area contributed by atoms with Crippen LogP contribution in [0.5, 0.6) is 0 Å². The predicted molar refractivity (Wildman–Crippen MR) is 71.7 cm³/mol. The molecule has 17 heavy (non-hydrogen) atoms. The Morgan fingerprint density at radius 2 is 2.24 bits per heavy atom. The van der Waals surface area contributed by atoms with Crippen molar-refractivity contribution in [2.45, 2.75) is 18.2 Å². The summed E-state index contributed by atoms with van der Waals surface area (Å²) in [4.78, 5) is 21.7. The summed E-state index contributed by atoms with van der Waals surface area (Å²) in [6.07, 6.45) is 0. The minimum Gasteiger partial charge on any atom is -0.480 e. The molecule has 0 radical (unpaired) electrons. The molecule has 1 rings (SSSR count). The maximum absolute atomic E-state index is 10.9. The van der Waals surface area contributed by atoms with Crippen LogP contribution in [0.3, 0.4) is 0 Å². The van der Waals surface area contributed by atoms with E-state index in [0.29, 0.717) is 5.25 Å². The Labute approximate surface area is 109 Å². The molecule has 1 heterocycles. The number of carbonyl (C=O) groups excluding carboxylic acids is 1. The van der Waals surface area contributed by atoms with Gasteiger partial charge in [0.2, 0.25) is 5.91 Å². The fraction of sp³-hybridized carbons (Fsp3) is 0.800. The second-order valence-electron chi connectivity index (χ2n) is 3.82. The Kier molecular flexibility index (Phi) is 6.76. The van der Waals surface area contributed by atoms with Crippen LogP contribution < -0.4 is 10.6 Å². The van der Waals surface area contributed by atoms with E-state index in [1.165, 1.54) is 12.7 Å². The normalized spacial score (nSPS) is 21.8. The fourth-order valence-electron chi connectivity index (χ4n) is 1.49. The molecule has 1 aliphatic heterocycles. The molecular formula is C10H18N2O3S2. The Hall–Kier alpha value is -0.400. The highest BCUT2D eigenvalue weighted by Gasteiger charge is 2.19. The Morgan fingerprint density at radius 3 is 2.76 bits per heavy atom. The number of hydrogen-bond donors (Lipinski definition) is 3. The van der Waals surface area contributed by atoms with E-state index in [9.17, 15) is 9.59 Å². The molecule has 0 aliphatic carbocycles. The van der Waals surface area contributed by atoms with E-state index >= 15 is 0 Å². The van der Waals surface area contributed by atoms with E-state index in [1.54, 1.807) is 0 Å². The Morgan fingerprint density at radius 1 is 1.47 bits per heavy atom. The van der Waals surface area contributed by atoms with Gasteiger partial charge in [-0.15, -0.1) is 0 Å². The van der Waals surface area contributed by atoms with E-state index in [1.807, 2.05) is 23.5 Å². The smallest absolute Gasteiger partial charge is 0.327 e. The van der Waals surface area contributed by atoms with Gasteiger partial charge in [0.15, 0.2) is 0 Å². The molecule has 0 aromatic rings. The number of nitrogens with one attached hydrogen (secondary N) is 2. The highest BCUT2D eigenvalue weighted by Crippen LogP contribution is 2.23. The van der Waals surface area contributed by atoms with Crippen molar-refractivity contribution in [3.8, 4) is 0 Å². The number of aliphatic carboxylic acids is 1. The van der Waals surface area contributed by atoms with Crippen molar-refractivity contribution in [1.29, 1.82) is 0 Å². The number of amides is 1. The topological polar surface area (TPSA) is 78.4 Å². The third kappa shape index (κ3) is 6.18. The fourth-order valence-corrected chi connectivity index (χ4v) is 4.13. The zero-order valence-corrected chi connectivity index (χ0v) is 11.4. The van der Waals surface area contributed by atoms with Crippen LogP contribution in [0.15, 0.2) is 0 Å². The number of carboxylic acid groups (broad SMARTS) is 1. The van der Waals surface area contributed by atoms with Gasteiger partial charge in [0.25, 0.3) is 0 Å². The van der Waals surface area contributed by atoms with Gasteiger partial charge < -0.3 is 15.7 Å². The summed E-state index contributed by atoms with van der Waals surface area (Å²) in [7, 11) is 0. The van der Waals surface area contributed by atoms with Gasteiger partial charge in [-0.25, -0.2) is 4.79 Å². The van der Waals surface area contributed by atoms with E-state index in [2.05, 4.69) is 10.6 Å². The maximum Gasteiger partial charge on any atom is 0.327 e. The second-order valence-corrected chi connectivity index (χ2v) is 6.38. The number of carbonyl (C=O) groups is 2. The summed E-state index contributed by atoms with van der Waals surface area (Å²) in [5.74, 6) is 2.14. The van der Waals surface area contributed by atoms with Crippen molar-refractivity contribution in [2.24, 2.45) is 0 Å². The molecular weight excluding hydrogens is 260 g/mol. The number of thioether (sulfide) groups is 2. The van der Waals surface area contributed by atoms with E-state index in [-0.39, 0.29) is 12.5 Å². The molecule has 0 aromatic carbocycles. The third-order valence-electron chi connectivity index (χ3n) is 2.28. The lowest BCUT2D eigenvalue weighted by atomic mass is 10.3. The molecule has 98 valence electrons. The van der Waals surface area contributed by atoms with Gasteiger partial charge in [-0.2, -0.15) is 23.5 Å². The summed E-state index contributed by atoms with van der Waals surface area (Å²) < 4.78 is 0. The lowest BCUT2D eigenvalue weighted by molar-refractivity contribution is -0.141. The standard InChI is InChI=1S/C10H18N2O3S2/c1-7(13)12-9(10(14)15)5-11-4-8-6-16-2-3-17-8/h8-9,11H,2-6H2,1H3,(H,12,13)(H,14,15). The molecule has 0 spiro atoms. The predicted octanol–water partition coefficient (Wildman–Crippen LogP) is 0.0139. The van der Waals surface area contributed by atoms with E-state index in [4.69, 9.17) is 5.11 Å².